The first-order valence-electron chi connectivity index (χ1n) is 3.90. The van der Waals surface area contributed by atoms with Crippen molar-refractivity contribution in [2.75, 3.05) is 7.11 Å². The van der Waals surface area contributed by atoms with E-state index in [-0.39, 0.29) is 18.0 Å². The van der Waals surface area contributed by atoms with Gasteiger partial charge < -0.3 is 4.74 Å². The molecule has 0 N–H and O–H groups in total. The molecule has 6 nitrogen and oxygen atoms in total. The van der Waals surface area contributed by atoms with E-state index in [1.165, 1.54) is 26.3 Å². The molecule has 1 aromatic heterocycles. The maximum absolute atomic E-state index is 11.4. The summed E-state index contributed by atoms with van der Waals surface area (Å²) >= 11 is 0. The fourth-order valence-corrected chi connectivity index (χ4v) is 1.10. The number of nitro groups is 1. The van der Waals surface area contributed by atoms with Crippen LogP contribution in [0.3, 0.4) is 0 Å². The number of ether oxygens (including phenoxy) is 1. The number of hydrogen-bond acceptors (Lipinski definition) is 4. The first-order chi connectivity index (χ1) is 6.56. The first-order valence-corrected chi connectivity index (χ1v) is 3.90. The van der Waals surface area contributed by atoms with Crippen LogP contribution >= 0.6 is 0 Å². The molecule has 0 saturated heterocycles. The van der Waals surface area contributed by atoms with Crippen molar-refractivity contribution in [1.29, 1.82) is 0 Å². The summed E-state index contributed by atoms with van der Waals surface area (Å²) in [5.41, 5.74) is -0.0622. The summed E-state index contributed by atoms with van der Waals surface area (Å²) in [5, 5.41) is 10.5. The number of hydrogen-bond donors (Lipinski definition) is 0. The monoisotopic (exact) mass is 198 g/mol. The van der Waals surface area contributed by atoms with Crippen molar-refractivity contribution >= 4 is 5.69 Å². The van der Waals surface area contributed by atoms with E-state index in [1.807, 2.05) is 0 Å². The second kappa shape index (κ2) is 4.01. The molecule has 1 heterocycles. The molecule has 0 aliphatic rings. The zero-order valence-corrected chi connectivity index (χ0v) is 7.89. The molecule has 0 aromatic carbocycles. The van der Waals surface area contributed by atoms with E-state index in [0.717, 1.165) is 4.57 Å². The van der Waals surface area contributed by atoms with Crippen LogP contribution in [0.4, 0.5) is 5.69 Å². The number of methoxy groups -OCH3 is 1. The molecule has 0 bridgehead atoms. The molecule has 0 fully saturated rings. The molecule has 0 atom stereocenters. The lowest BCUT2D eigenvalue weighted by Crippen LogP contribution is -2.22. The topological polar surface area (TPSA) is 74.4 Å². The van der Waals surface area contributed by atoms with Gasteiger partial charge in [0.2, 0.25) is 0 Å². The van der Waals surface area contributed by atoms with Gasteiger partial charge in [0.15, 0.2) is 0 Å². The number of nitrogens with zero attached hydrogens (tertiary/aromatic N) is 2. The second-order valence-corrected chi connectivity index (χ2v) is 2.83. The van der Waals surface area contributed by atoms with Crippen LogP contribution in [0.25, 0.3) is 0 Å². The van der Waals surface area contributed by atoms with Crippen LogP contribution in [-0.2, 0) is 11.5 Å². The smallest absolute Gasteiger partial charge is 0.286 e. The van der Waals surface area contributed by atoms with E-state index in [4.69, 9.17) is 4.74 Å². The molecule has 0 aliphatic heterocycles. The van der Waals surface area contributed by atoms with Crippen LogP contribution < -0.4 is 5.56 Å². The predicted octanol–water partition coefficient (Wildman–Crippen LogP) is 0.669. The van der Waals surface area contributed by atoms with Crippen LogP contribution in [0.2, 0.25) is 0 Å². The minimum Gasteiger partial charge on any atom is -0.364 e. The summed E-state index contributed by atoms with van der Waals surface area (Å²) in [4.78, 5) is 21.3. The molecule has 1 aromatic rings. The number of pyridine rings is 1. The van der Waals surface area contributed by atoms with Crippen molar-refractivity contribution in [3.8, 4) is 0 Å². The van der Waals surface area contributed by atoms with Crippen LogP contribution in [0.5, 0.6) is 0 Å². The average Bonchev–Trinajstić information content (AvgIpc) is 2.12. The highest BCUT2D eigenvalue weighted by Crippen LogP contribution is 2.09. The fraction of sp³-hybridized carbons (Fsp3) is 0.375. The second-order valence-electron chi connectivity index (χ2n) is 2.83. The Bertz CT molecular complexity index is 410. The van der Waals surface area contributed by atoms with Crippen LogP contribution in [-0.4, -0.2) is 16.6 Å². The van der Waals surface area contributed by atoms with Crippen molar-refractivity contribution in [2.24, 2.45) is 0 Å². The molecule has 0 aliphatic carbocycles. The first kappa shape index (κ1) is 10.4. The summed E-state index contributed by atoms with van der Waals surface area (Å²) in [6.07, 6.45) is 1.17. The van der Waals surface area contributed by atoms with E-state index in [9.17, 15) is 14.9 Å². The minimum absolute atomic E-state index is 0.0152. The number of rotatable bonds is 3. The summed E-state index contributed by atoms with van der Waals surface area (Å²) in [7, 11) is 1.42. The van der Waals surface area contributed by atoms with E-state index in [1.54, 1.807) is 0 Å². The van der Waals surface area contributed by atoms with Gasteiger partial charge in [0, 0.05) is 18.7 Å². The van der Waals surface area contributed by atoms with Crippen molar-refractivity contribution in [1.82, 2.24) is 4.57 Å². The lowest BCUT2D eigenvalue weighted by atomic mass is 10.3. The maximum atomic E-state index is 11.4. The standard InChI is InChI=1S/C8H10N2O4/c1-6-3-7(10(12)13)4-9(5-14-2)8(6)11/h3-4H,5H2,1-2H3. The van der Waals surface area contributed by atoms with Crippen LogP contribution in [0, 0.1) is 17.0 Å². The van der Waals surface area contributed by atoms with Gasteiger partial charge in [0.05, 0.1) is 11.1 Å². The highest BCUT2D eigenvalue weighted by Gasteiger charge is 2.10. The predicted molar refractivity (Wildman–Crippen MR) is 49.1 cm³/mol. The van der Waals surface area contributed by atoms with Gasteiger partial charge in [-0.25, -0.2) is 0 Å². The molecule has 6 heteroatoms. The molecule has 0 spiro atoms. The highest BCUT2D eigenvalue weighted by molar-refractivity contribution is 5.29. The molecular formula is C8H10N2O4. The highest BCUT2D eigenvalue weighted by atomic mass is 16.6. The van der Waals surface area contributed by atoms with Gasteiger partial charge in [0.25, 0.3) is 11.2 Å². The zero-order chi connectivity index (χ0) is 10.7. The van der Waals surface area contributed by atoms with E-state index in [0.29, 0.717) is 5.56 Å². The number of aryl methyl sites for hydroxylation is 1. The lowest BCUT2D eigenvalue weighted by molar-refractivity contribution is -0.385. The van der Waals surface area contributed by atoms with Crippen LogP contribution in [0.1, 0.15) is 5.56 Å². The summed E-state index contributed by atoms with van der Waals surface area (Å²) < 4.78 is 5.90. The SMILES string of the molecule is COCn1cc([N+](=O)[O-])cc(C)c1=O. The quantitative estimate of drug-likeness (QED) is 0.528. The molecule has 0 amide bonds. The van der Waals surface area contributed by atoms with E-state index in [2.05, 4.69) is 0 Å². The zero-order valence-electron chi connectivity index (χ0n) is 7.89. The number of aromatic nitrogens is 1. The largest absolute Gasteiger partial charge is 0.364 e. The Morgan fingerprint density at radius 1 is 1.64 bits per heavy atom. The molecule has 0 saturated carbocycles. The van der Waals surface area contributed by atoms with Crippen molar-refractivity contribution < 1.29 is 9.66 Å². The fourth-order valence-electron chi connectivity index (χ4n) is 1.10. The molecule has 0 unspecified atom stereocenters. The average molecular weight is 198 g/mol. The van der Waals surface area contributed by atoms with Gasteiger partial charge in [-0.2, -0.15) is 0 Å². The normalized spacial score (nSPS) is 10.1. The van der Waals surface area contributed by atoms with Gasteiger partial charge >= 0.3 is 0 Å². The Labute approximate surface area is 79.9 Å². The van der Waals surface area contributed by atoms with Crippen LogP contribution in [0.15, 0.2) is 17.1 Å². The van der Waals surface area contributed by atoms with Crippen molar-refractivity contribution in [2.45, 2.75) is 13.7 Å². The molecular weight excluding hydrogens is 188 g/mol. The summed E-state index contributed by atoms with van der Waals surface area (Å²) in [5.74, 6) is 0. The van der Waals surface area contributed by atoms with Crippen molar-refractivity contribution in [3.05, 3.63) is 38.3 Å². The Kier molecular flexibility index (Phi) is 2.98. The Balaban J connectivity index is 3.28. The molecule has 14 heavy (non-hydrogen) atoms. The summed E-state index contributed by atoms with van der Waals surface area (Å²) in [6.45, 7) is 1.54. The minimum atomic E-state index is -0.543. The molecule has 1 rings (SSSR count). The third-order valence-electron chi connectivity index (χ3n) is 1.73. The van der Waals surface area contributed by atoms with Gasteiger partial charge in [-0.15, -0.1) is 0 Å². The van der Waals surface area contributed by atoms with E-state index < -0.39 is 4.92 Å². The maximum Gasteiger partial charge on any atom is 0.286 e. The molecule has 76 valence electrons. The van der Waals surface area contributed by atoms with Gasteiger partial charge in [-0.05, 0) is 6.92 Å². The Hall–Kier alpha value is -1.69. The van der Waals surface area contributed by atoms with Gasteiger partial charge in [-0.3, -0.25) is 19.5 Å². The third-order valence-corrected chi connectivity index (χ3v) is 1.73. The third kappa shape index (κ3) is 1.97. The lowest BCUT2D eigenvalue weighted by Gasteiger charge is -2.04. The Morgan fingerprint density at radius 2 is 2.29 bits per heavy atom. The van der Waals surface area contributed by atoms with E-state index >= 15 is 0 Å². The van der Waals surface area contributed by atoms with Gasteiger partial charge in [0.1, 0.15) is 6.73 Å². The van der Waals surface area contributed by atoms with Crippen molar-refractivity contribution in [3.63, 3.8) is 0 Å². The Morgan fingerprint density at radius 3 is 2.79 bits per heavy atom. The van der Waals surface area contributed by atoms with Gasteiger partial charge in [-0.1, -0.05) is 0 Å². The molecule has 0 radical (unpaired) electrons. The summed E-state index contributed by atoms with van der Waals surface area (Å²) in [6, 6.07) is 1.24.